The smallest absolute Gasteiger partial charge is 0.407 e. The summed E-state index contributed by atoms with van der Waals surface area (Å²) in [4.78, 5) is 40.8. The Balaban J connectivity index is 1.30. The van der Waals surface area contributed by atoms with Crippen LogP contribution < -0.4 is 5.32 Å². The number of carbonyl (C=O) groups excluding carboxylic acids is 2. The van der Waals surface area contributed by atoms with Crippen molar-refractivity contribution in [1.29, 1.82) is 0 Å². The predicted octanol–water partition coefficient (Wildman–Crippen LogP) is 5.46. The van der Waals surface area contributed by atoms with E-state index in [1.165, 1.54) is 4.90 Å². The van der Waals surface area contributed by atoms with Crippen molar-refractivity contribution in [1.82, 2.24) is 10.2 Å². The molecule has 3 atom stereocenters. The number of alkyl carbamates (subject to hydrolysis) is 1. The molecule has 1 heterocycles. The zero-order chi connectivity index (χ0) is 29.9. The third kappa shape index (κ3) is 5.77. The fourth-order valence-corrected chi connectivity index (χ4v) is 6.16. The lowest BCUT2D eigenvalue weighted by Crippen LogP contribution is -2.54. The molecule has 0 bridgehead atoms. The number of hydrogen-bond acceptors (Lipinski definition) is 5. The molecule has 8 nitrogen and oxygen atoms in total. The molecule has 1 aliphatic heterocycles. The van der Waals surface area contributed by atoms with E-state index in [1.54, 1.807) is 6.92 Å². The molecule has 2 N–H and O–H groups in total. The monoisotopic (exact) mass is 570 g/mol. The summed E-state index contributed by atoms with van der Waals surface area (Å²) in [7, 11) is 0. The van der Waals surface area contributed by atoms with Crippen molar-refractivity contribution < 1.29 is 29.0 Å². The summed E-state index contributed by atoms with van der Waals surface area (Å²) in [5.74, 6) is -1.58. The van der Waals surface area contributed by atoms with E-state index in [2.05, 4.69) is 17.4 Å². The van der Waals surface area contributed by atoms with Crippen LogP contribution in [0.15, 0.2) is 78.9 Å². The average Bonchev–Trinajstić information content (AvgIpc) is 3.59. The van der Waals surface area contributed by atoms with Crippen molar-refractivity contribution in [2.45, 2.75) is 51.9 Å². The number of aliphatic carboxylic acids is 1. The Morgan fingerprint density at radius 1 is 0.929 bits per heavy atom. The number of carboxylic acid groups (broad SMARTS) is 1. The number of benzene rings is 3. The summed E-state index contributed by atoms with van der Waals surface area (Å²) >= 11 is 0. The number of amides is 2. The van der Waals surface area contributed by atoms with Gasteiger partial charge in [0.2, 0.25) is 5.91 Å². The Bertz CT molecular complexity index is 1400. The summed E-state index contributed by atoms with van der Waals surface area (Å²) in [6.07, 6.45) is -1.07. The van der Waals surface area contributed by atoms with Gasteiger partial charge in [-0.05, 0) is 47.1 Å². The van der Waals surface area contributed by atoms with Crippen LogP contribution >= 0.6 is 0 Å². The minimum absolute atomic E-state index is 0.0765. The van der Waals surface area contributed by atoms with Crippen molar-refractivity contribution in [3.63, 3.8) is 0 Å². The first-order chi connectivity index (χ1) is 20.2. The summed E-state index contributed by atoms with van der Waals surface area (Å²) in [6, 6.07) is 24.7. The number of rotatable bonds is 10. The normalized spacial score (nSPS) is 19.2. The molecule has 1 saturated heterocycles. The number of likely N-dealkylation sites (tertiary alicyclic amines) is 1. The zero-order valence-corrected chi connectivity index (χ0v) is 24.3. The van der Waals surface area contributed by atoms with Crippen LogP contribution in [-0.4, -0.2) is 59.8 Å². The lowest BCUT2D eigenvalue weighted by molar-refractivity contribution is -0.151. The minimum atomic E-state index is -1.05. The van der Waals surface area contributed by atoms with Crippen molar-refractivity contribution in [3.8, 4) is 11.1 Å². The van der Waals surface area contributed by atoms with E-state index < -0.39 is 29.6 Å². The number of hydrogen-bond donors (Lipinski definition) is 2. The van der Waals surface area contributed by atoms with Crippen molar-refractivity contribution in [2.75, 3.05) is 19.7 Å². The lowest BCUT2D eigenvalue weighted by Gasteiger charge is -2.31. The maximum absolute atomic E-state index is 13.8. The van der Waals surface area contributed by atoms with Crippen LogP contribution in [0.4, 0.5) is 4.79 Å². The van der Waals surface area contributed by atoms with Gasteiger partial charge in [-0.1, -0.05) is 92.7 Å². The van der Waals surface area contributed by atoms with Gasteiger partial charge in [-0.25, -0.2) is 4.79 Å². The quantitative estimate of drug-likeness (QED) is 0.336. The van der Waals surface area contributed by atoms with E-state index in [0.717, 1.165) is 27.8 Å². The summed E-state index contributed by atoms with van der Waals surface area (Å²) in [5, 5.41) is 12.8. The second-order valence-corrected chi connectivity index (χ2v) is 11.6. The fraction of sp³-hybridized carbons (Fsp3) is 0.382. The summed E-state index contributed by atoms with van der Waals surface area (Å²) in [5.41, 5.74) is 4.34. The summed E-state index contributed by atoms with van der Waals surface area (Å²) in [6.45, 7) is 6.19. The molecule has 42 heavy (non-hydrogen) atoms. The average molecular weight is 571 g/mol. The minimum Gasteiger partial charge on any atom is -0.481 e. The van der Waals surface area contributed by atoms with E-state index in [1.807, 2.05) is 80.6 Å². The van der Waals surface area contributed by atoms with Crippen molar-refractivity contribution in [2.24, 2.45) is 11.3 Å². The van der Waals surface area contributed by atoms with Gasteiger partial charge in [-0.2, -0.15) is 0 Å². The van der Waals surface area contributed by atoms with E-state index in [-0.39, 0.29) is 44.0 Å². The van der Waals surface area contributed by atoms with Gasteiger partial charge in [0.25, 0.3) is 0 Å². The number of ether oxygens (including phenoxy) is 2. The second kappa shape index (κ2) is 12.4. The van der Waals surface area contributed by atoms with Gasteiger partial charge in [0.15, 0.2) is 0 Å². The number of fused-ring (bicyclic) bond motifs is 3. The highest BCUT2D eigenvalue weighted by Gasteiger charge is 2.50. The van der Waals surface area contributed by atoms with Gasteiger partial charge in [0, 0.05) is 19.0 Å². The van der Waals surface area contributed by atoms with Crippen LogP contribution in [0, 0.1) is 11.3 Å². The Morgan fingerprint density at radius 3 is 2.10 bits per heavy atom. The molecule has 0 spiro atoms. The first-order valence-corrected chi connectivity index (χ1v) is 14.5. The van der Waals surface area contributed by atoms with Crippen LogP contribution in [0.3, 0.4) is 0 Å². The van der Waals surface area contributed by atoms with E-state index >= 15 is 0 Å². The second-order valence-electron chi connectivity index (χ2n) is 11.6. The van der Waals surface area contributed by atoms with E-state index in [9.17, 15) is 19.5 Å². The Morgan fingerprint density at radius 2 is 1.52 bits per heavy atom. The van der Waals surface area contributed by atoms with E-state index in [0.29, 0.717) is 6.42 Å². The lowest BCUT2D eigenvalue weighted by atomic mass is 9.76. The van der Waals surface area contributed by atoms with Gasteiger partial charge in [0.05, 0.1) is 18.1 Å². The first kappa shape index (κ1) is 29.3. The van der Waals surface area contributed by atoms with Gasteiger partial charge < -0.3 is 24.8 Å². The molecular formula is C34H38N2O6. The molecule has 2 aliphatic rings. The Hall–Kier alpha value is -4.17. The third-order valence-corrected chi connectivity index (χ3v) is 8.85. The molecule has 2 amide bonds. The number of carboxylic acids is 1. The molecule has 0 saturated carbocycles. The van der Waals surface area contributed by atoms with Gasteiger partial charge >= 0.3 is 12.1 Å². The molecule has 0 radical (unpaired) electrons. The van der Waals surface area contributed by atoms with E-state index in [4.69, 9.17) is 9.47 Å². The van der Waals surface area contributed by atoms with Crippen molar-refractivity contribution >= 4 is 18.0 Å². The molecule has 0 aromatic heterocycles. The molecule has 3 aromatic carbocycles. The Kier molecular flexibility index (Phi) is 8.64. The highest BCUT2D eigenvalue weighted by atomic mass is 16.5. The van der Waals surface area contributed by atoms with Crippen molar-refractivity contribution in [3.05, 3.63) is 95.6 Å². The summed E-state index contributed by atoms with van der Waals surface area (Å²) < 4.78 is 11.8. The molecule has 220 valence electrons. The highest BCUT2D eigenvalue weighted by molar-refractivity contribution is 5.88. The zero-order valence-electron chi connectivity index (χ0n) is 24.3. The predicted molar refractivity (Wildman–Crippen MR) is 159 cm³/mol. The number of carbonyl (C=O) groups is 3. The number of nitrogens with zero attached hydrogens (tertiary/aromatic N) is 1. The molecular weight excluding hydrogens is 532 g/mol. The Labute approximate surface area is 246 Å². The number of nitrogens with one attached hydrogen (secondary N) is 1. The SMILES string of the molecule is CC(OCc1ccccc1)C(NC(=O)OCC1c2ccccc2-c2ccccc21)C(=O)N1CCC(C(=O)O)(C(C)C)C1. The molecule has 8 heteroatoms. The first-order valence-electron chi connectivity index (χ1n) is 14.5. The maximum Gasteiger partial charge on any atom is 0.407 e. The van der Waals surface area contributed by atoms with Gasteiger partial charge in [-0.3, -0.25) is 9.59 Å². The van der Waals surface area contributed by atoms with Crippen LogP contribution in [0.5, 0.6) is 0 Å². The largest absolute Gasteiger partial charge is 0.481 e. The third-order valence-electron chi connectivity index (χ3n) is 8.85. The highest BCUT2D eigenvalue weighted by Crippen LogP contribution is 2.44. The maximum atomic E-state index is 13.8. The van der Waals surface area contributed by atoms with Crippen LogP contribution in [0.1, 0.15) is 49.8 Å². The molecule has 3 unspecified atom stereocenters. The topological polar surface area (TPSA) is 105 Å². The molecule has 1 aliphatic carbocycles. The van der Waals surface area contributed by atoms with Gasteiger partial charge in [-0.15, -0.1) is 0 Å². The van der Waals surface area contributed by atoms with Crippen LogP contribution in [-0.2, 0) is 25.7 Å². The fourth-order valence-electron chi connectivity index (χ4n) is 6.16. The standard InChI is InChI=1S/C34H38N2O6/c1-22(2)34(32(38)39)17-18-36(21-34)31(37)30(23(3)41-19-24-11-5-4-6-12-24)35-33(40)42-20-29-27-15-9-7-13-25(27)26-14-8-10-16-28(26)29/h4-16,22-23,29-30H,17-21H2,1-3H3,(H,35,40)(H,38,39). The van der Waals surface area contributed by atoms with Crippen LogP contribution in [0.2, 0.25) is 0 Å². The molecule has 5 rings (SSSR count). The van der Waals surface area contributed by atoms with Crippen LogP contribution in [0.25, 0.3) is 11.1 Å². The molecule has 1 fully saturated rings. The van der Waals surface area contributed by atoms with Gasteiger partial charge in [0.1, 0.15) is 12.6 Å². The molecule has 3 aromatic rings.